The van der Waals surface area contributed by atoms with Gasteiger partial charge in [0.25, 0.3) is 0 Å². The number of para-hydroxylation sites is 1. The van der Waals surface area contributed by atoms with E-state index in [0.717, 1.165) is 5.56 Å². The number of hydrogen-bond acceptors (Lipinski definition) is 4. The summed E-state index contributed by atoms with van der Waals surface area (Å²) in [6, 6.07) is 11.8. The molecule has 1 heterocycles. The Hall–Kier alpha value is -2.76. The molecule has 5 nitrogen and oxygen atoms in total. The average molecular weight is 269 g/mol. The molecule has 0 saturated carbocycles. The molecular formula is C14H12FN5. The molecule has 0 saturated heterocycles. The number of anilines is 1. The summed E-state index contributed by atoms with van der Waals surface area (Å²) in [5.41, 5.74) is 8.68. The highest BCUT2D eigenvalue weighted by atomic mass is 19.1. The first-order valence-corrected chi connectivity index (χ1v) is 6.06. The lowest BCUT2D eigenvalue weighted by Gasteiger charge is -2.09. The van der Waals surface area contributed by atoms with E-state index in [0.29, 0.717) is 22.8 Å². The van der Waals surface area contributed by atoms with Crippen molar-refractivity contribution in [2.75, 3.05) is 5.73 Å². The van der Waals surface area contributed by atoms with E-state index in [1.807, 2.05) is 25.1 Å². The summed E-state index contributed by atoms with van der Waals surface area (Å²) in [5, 5.41) is 11.6. The number of aromatic nitrogens is 4. The number of nitrogen functional groups attached to an aromatic ring is 1. The van der Waals surface area contributed by atoms with Gasteiger partial charge in [-0.15, -0.1) is 5.10 Å². The highest BCUT2D eigenvalue weighted by molar-refractivity contribution is 5.72. The van der Waals surface area contributed by atoms with Crippen LogP contribution in [0.1, 0.15) is 5.56 Å². The zero-order valence-electron chi connectivity index (χ0n) is 10.8. The van der Waals surface area contributed by atoms with E-state index < -0.39 is 0 Å². The normalized spacial score (nSPS) is 10.7. The van der Waals surface area contributed by atoms with Crippen molar-refractivity contribution >= 4 is 5.69 Å². The van der Waals surface area contributed by atoms with Crippen molar-refractivity contribution in [3.05, 3.63) is 53.8 Å². The number of rotatable bonds is 2. The summed E-state index contributed by atoms with van der Waals surface area (Å²) in [6.45, 7) is 1.87. The second-order valence-electron chi connectivity index (χ2n) is 4.43. The van der Waals surface area contributed by atoms with Crippen molar-refractivity contribution in [2.45, 2.75) is 6.92 Å². The summed E-state index contributed by atoms with van der Waals surface area (Å²) in [7, 11) is 0. The molecule has 0 unspecified atom stereocenters. The third-order valence-corrected chi connectivity index (χ3v) is 3.07. The van der Waals surface area contributed by atoms with Crippen molar-refractivity contribution in [1.82, 2.24) is 20.2 Å². The summed E-state index contributed by atoms with van der Waals surface area (Å²) in [4.78, 5) is 0. The van der Waals surface area contributed by atoms with Gasteiger partial charge in [-0.3, -0.25) is 0 Å². The van der Waals surface area contributed by atoms with Crippen LogP contribution in [-0.4, -0.2) is 20.2 Å². The lowest BCUT2D eigenvalue weighted by molar-refractivity contribution is 0.624. The van der Waals surface area contributed by atoms with E-state index in [1.165, 1.54) is 16.8 Å². The quantitative estimate of drug-likeness (QED) is 0.725. The average Bonchev–Trinajstić information content (AvgIpc) is 2.91. The fraction of sp³-hybridized carbons (Fsp3) is 0.0714. The van der Waals surface area contributed by atoms with Crippen LogP contribution in [0.15, 0.2) is 42.5 Å². The zero-order valence-corrected chi connectivity index (χ0v) is 10.8. The third kappa shape index (κ3) is 2.01. The molecule has 20 heavy (non-hydrogen) atoms. The van der Waals surface area contributed by atoms with Gasteiger partial charge >= 0.3 is 0 Å². The van der Waals surface area contributed by atoms with Gasteiger partial charge in [-0.25, -0.2) is 4.39 Å². The standard InChI is InChI=1S/C14H12FN5/c1-9-6-7-10(15)8-13(9)20-14(17-18-19-20)11-4-2-3-5-12(11)16/h2-8H,16H2,1H3. The van der Waals surface area contributed by atoms with Gasteiger partial charge in [-0.2, -0.15) is 4.68 Å². The van der Waals surface area contributed by atoms with Gasteiger partial charge in [0.1, 0.15) is 5.82 Å². The summed E-state index contributed by atoms with van der Waals surface area (Å²) >= 11 is 0. The Kier molecular flexibility index (Phi) is 2.90. The molecule has 0 bridgehead atoms. The topological polar surface area (TPSA) is 69.6 Å². The fourth-order valence-corrected chi connectivity index (χ4v) is 2.03. The van der Waals surface area contributed by atoms with Crippen LogP contribution in [0.2, 0.25) is 0 Å². The van der Waals surface area contributed by atoms with E-state index in [-0.39, 0.29) is 5.82 Å². The molecule has 0 radical (unpaired) electrons. The van der Waals surface area contributed by atoms with Crippen LogP contribution in [0.3, 0.4) is 0 Å². The first kappa shape index (κ1) is 12.3. The summed E-state index contributed by atoms with van der Waals surface area (Å²) in [6.07, 6.45) is 0. The number of aryl methyl sites for hydroxylation is 1. The predicted molar refractivity (Wildman–Crippen MR) is 73.7 cm³/mol. The van der Waals surface area contributed by atoms with Crippen LogP contribution in [0.4, 0.5) is 10.1 Å². The van der Waals surface area contributed by atoms with Crippen LogP contribution < -0.4 is 5.73 Å². The minimum Gasteiger partial charge on any atom is -0.398 e. The van der Waals surface area contributed by atoms with E-state index in [4.69, 9.17) is 5.73 Å². The van der Waals surface area contributed by atoms with Crippen LogP contribution in [0.5, 0.6) is 0 Å². The third-order valence-electron chi connectivity index (χ3n) is 3.07. The van der Waals surface area contributed by atoms with Gasteiger partial charge in [0, 0.05) is 11.3 Å². The number of nitrogens with two attached hydrogens (primary N) is 1. The molecule has 3 rings (SSSR count). The molecular weight excluding hydrogens is 257 g/mol. The maximum Gasteiger partial charge on any atom is 0.189 e. The smallest absolute Gasteiger partial charge is 0.189 e. The Labute approximate surface area is 114 Å². The van der Waals surface area contributed by atoms with E-state index in [9.17, 15) is 4.39 Å². The monoisotopic (exact) mass is 269 g/mol. The van der Waals surface area contributed by atoms with E-state index >= 15 is 0 Å². The van der Waals surface area contributed by atoms with Crippen molar-refractivity contribution in [2.24, 2.45) is 0 Å². The van der Waals surface area contributed by atoms with Gasteiger partial charge in [0.2, 0.25) is 0 Å². The number of benzene rings is 2. The van der Waals surface area contributed by atoms with Crippen molar-refractivity contribution in [1.29, 1.82) is 0 Å². The predicted octanol–water partition coefficient (Wildman–Crippen LogP) is 2.36. The summed E-state index contributed by atoms with van der Waals surface area (Å²) < 4.78 is 14.9. The van der Waals surface area contributed by atoms with Gasteiger partial charge < -0.3 is 5.73 Å². The number of halogens is 1. The number of hydrogen-bond donors (Lipinski definition) is 1. The highest BCUT2D eigenvalue weighted by Gasteiger charge is 2.14. The highest BCUT2D eigenvalue weighted by Crippen LogP contribution is 2.26. The molecule has 0 fully saturated rings. The molecule has 6 heteroatoms. The maximum absolute atomic E-state index is 13.4. The first-order valence-electron chi connectivity index (χ1n) is 6.06. The maximum atomic E-state index is 13.4. The fourth-order valence-electron chi connectivity index (χ4n) is 2.03. The molecule has 1 aromatic heterocycles. The zero-order chi connectivity index (χ0) is 14.1. The number of nitrogens with zero attached hydrogens (tertiary/aromatic N) is 4. The largest absolute Gasteiger partial charge is 0.398 e. The minimum atomic E-state index is -0.340. The van der Waals surface area contributed by atoms with Crippen LogP contribution in [0.25, 0.3) is 17.1 Å². The first-order chi connectivity index (χ1) is 9.66. The Morgan fingerprint density at radius 1 is 1.15 bits per heavy atom. The van der Waals surface area contributed by atoms with Gasteiger partial charge in [-0.05, 0) is 47.2 Å². The molecule has 3 aromatic rings. The minimum absolute atomic E-state index is 0.340. The SMILES string of the molecule is Cc1ccc(F)cc1-n1nnnc1-c1ccccc1N. The van der Waals surface area contributed by atoms with Crippen molar-refractivity contribution < 1.29 is 4.39 Å². The molecule has 100 valence electrons. The lowest BCUT2D eigenvalue weighted by atomic mass is 10.1. The molecule has 0 spiro atoms. The molecule has 0 atom stereocenters. The van der Waals surface area contributed by atoms with Gasteiger partial charge in [0.15, 0.2) is 5.82 Å². The van der Waals surface area contributed by atoms with E-state index in [1.54, 1.807) is 12.1 Å². The molecule has 0 amide bonds. The Morgan fingerprint density at radius 3 is 2.75 bits per heavy atom. The number of tetrazole rings is 1. The molecule has 2 N–H and O–H groups in total. The van der Waals surface area contributed by atoms with Crippen LogP contribution >= 0.6 is 0 Å². The molecule has 0 aliphatic carbocycles. The van der Waals surface area contributed by atoms with Crippen molar-refractivity contribution in [3.63, 3.8) is 0 Å². The van der Waals surface area contributed by atoms with Crippen molar-refractivity contribution in [3.8, 4) is 17.1 Å². The molecule has 2 aromatic carbocycles. The second-order valence-corrected chi connectivity index (χ2v) is 4.43. The van der Waals surface area contributed by atoms with Crippen LogP contribution in [-0.2, 0) is 0 Å². The van der Waals surface area contributed by atoms with E-state index in [2.05, 4.69) is 15.5 Å². The lowest BCUT2D eigenvalue weighted by Crippen LogP contribution is -2.04. The van der Waals surface area contributed by atoms with Crippen LogP contribution in [0, 0.1) is 12.7 Å². The van der Waals surface area contributed by atoms with Gasteiger partial charge in [0.05, 0.1) is 5.69 Å². The molecule has 0 aliphatic heterocycles. The second kappa shape index (κ2) is 4.73. The summed E-state index contributed by atoms with van der Waals surface area (Å²) in [5.74, 6) is 0.143. The van der Waals surface area contributed by atoms with Gasteiger partial charge in [-0.1, -0.05) is 18.2 Å². The Bertz CT molecular complexity index is 766. The Balaban J connectivity index is 2.21. The Morgan fingerprint density at radius 2 is 1.95 bits per heavy atom. The molecule has 0 aliphatic rings.